The van der Waals surface area contributed by atoms with Crippen molar-refractivity contribution in [1.29, 1.82) is 0 Å². The fourth-order valence-electron chi connectivity index (χ4n) is 2.37. The van der Waals surface area contributed by atoms with Crippen molar-refractivity contribution in [3.05, 3.63) is 23.7 Å². The molecule has 2 rings (SSSR count). The Labute approximate surface area is 104 Å². The zero-order chi connectivity index (χ0) is 12.3. The molecule has 1 fully saturated rings. The molecule has 0 bridgehead atoms. The maximum Gasteiger partial charge on any atom is 0.134 e. The van der Waals surface area contributed by atoms with Gasteiger partial charge in [0.25, 0.3) is 0 Å². The Bertz CT molecular complexity index is 355. The van der Waals surface area contributed by atoms with E-state index in [0.29, 0.717) is 0 Å². The molecule has 1 aromatic heterocycles. The highest BCUT2D eigenvalue weighted by Crippen LogP contribution is 2.31. The van der Waals surface area contributed by atoms with Crippen LogP contribution in [0.4, 0.5) is 0 Å². The van der Waals surface area contributed by atoms with Crippen LogP contribution in [0, 0.1) is 12.3 Å². The predicted octanol–water partition coefficient (Wildman–Crippen LogP) is 3.06. The third kappa shape index (κ3) is 2.72. The fraction of sp³-hybridized carbons (Fsp3) is 0.714. The summed E-state index contributed by atoms with van der Waals surface area (Å²) >= 11 is 0. The van der Waals surface area contributed by atoms with E-state index >= 15 is 0 Å². The number of furan rings is 1. The van der Waals surface area contributed by atoms with Crippen LogP contribution in [0.1, 0.15) is 44.3 Å². The molecule has 0 saturated carbocycles. The first-order valence-electron chi connectivity index (χ1n) is 6.58. The molecule has 1 aliphatic heterocycles. The van der Waals surface area contributed by atoms with Gasteiger partial charge in [0.05, 0.1) is 6.61 Å². The number of hydrogen-bond acceptors (Lipinski definition) is 3. The molecule has 0 aromatic carbocycles. The monoisotopic (exact) mass is 237 g/mol. The Kier molecular flexibility index (Phi) is 3.89. The van der Waals surface area contributed by atoms with Gasteiger partial charge in [0.15, 0.2) is 0 Å². The molecule has 1 unspecified atom stereocenters. The van der Waals surface area contributed by atoms with Gasteiger partial charge in [-0.05, 0) is 31.9 Å². The van der Waals surface area contributed by atoms with Crippen molar-refractivity contribution in [2.24, 2.45) is 5.41 Å². The minimum Gasteiger partial charge on any atom is -0.464 e. The van der Waals surface area contributed by atoms with Crippen molar-refractivity contribution in [2.45, 2.75) is 39.7 Å². The zero-order valence-corrected chi connectivity index (χ0v) is 11.1. The summed E-state index contributed by atoms with van der Waals surface area (Å²) in [6.45, 7) is 9.15. The molecule has 1 aromatic rings. The van der Waals surface area contributed by atoms with Gasteiger partial charge in [-0.1, -0.05) is 13.8 Å². The van der Waals surface area contributed by atoms with E-state index in [1.165, 1.54) is 0 Å². The number of aryl methyl sites for hydroxylation is 1. The maximum atomic E-state index is 6.04. The second-order valence-corrected chi connectivity index (χ2v) is 5.09. The Morgan fingerprint density at radius 3 is 2.71 bits per heavy atom. The Morgan fingerprint density at radius 2 is 2.12 bits per heavy atom. The average molecular weight is 237 g/mol. The van der Waals surface area contributed by atoms with Crippen LogP contribution in [0.3, 0.4) is 0 Å². The van der Waals surface area contributed by atoms with Crippen LogP contribution >= 0.6 is 0 Å². The quantitative estimate of drug-likeness (QED) is 0.877. The summed E-state index contributed by atoms with van der Waals surface area (Å²) in [5.41, 5.74) is 0.288. The molecule has 2 heterocycles. The van der Waals surface area contributed by atoms with E-state index < -0.39 is 0 Å². The van der Waals surface area contributed by atoms with Crippen molar-refractivity contribution < 1.29 is 9.15 Å². The summed E-state index contributed by atoms with van der Waals surface area (Å²) in [6, 6.07) is 4.02. The highest BCUT2D eigenvalue weighted by molar-refractivity contribution is 5.09. The van der Waals surface area contributed by atoms with Crippen LogP contribution in [-0.4, -0.2) is 19.7 Å². The first-order chi connectivity index (χ1) is 8.19. The van der Waals surface area contributed by atoms with Crippen molar-refractivity contribution in [3.8, 4) is 0 Å². The molecule has 0 amide bonds. The minimum absolute atomic E-state index is 0.0590. The van der Waals surface area contributed by atoms with E-state index in [1.807, 2.05) is 19.1 Å². The second-order valence-electron chi connectivity index (χ2n) is 5.09. The fourth-order valence-corrected chi connectivity index (χ4v) is 2.37. The largest absolute Gasteiger partial charge is 0.464 e. The summed E-state index contributed by atoms with van der Waals surface area (Å²) in [5, 5.41) is 3.51. The van der Waals surface area contributed by atoms with E-state index in [9.17, 15) is 0 Å². The van der Waals surface area contributed by atoms with Crippen LogP contribution in [0.2, 0.25) is 0 Å². The number of nitrogens with one attached hydrogen (secondary N) is 1. The molecule has 0 spiro atoms. The smallest absolute Gasteiger partial charge is 0.134 e. The highest BCUT2D eigenvalue weighted by Gasteiger charge is 2.31. The number of rotatable bonds is 3. The third-order valence-electron chi connectivity index (χ3n) is 4.00. The lowest BCUT2D eigenvalue weighted by atomic mass is 9.83. The Balaban J connectivity index is 2.05. The molecule has 3 heteroatoms. The minimum atomic E-state index is 0.0590. The molecule has 1 atom stereocenters. The summed E-state index contributed by atoms with van der Waals surface area (Å²) in [6.07, 6.45) is 2.37. The van der Waals surface area contributed by atoms with Crippen LogP contribution < -0.4 is 5.32 Å². The molecule has 1 N–H and O–H groups in total. The molecule has 96 valence electrons. The van der Waals surface area contributed by atoms with Gasteiger partial charge in [-0.2, -0.15) is 0 Å². The molecular weight excluding hydrogens is 214 g/mol. The average Bonchev–Trinajstić information content (AvgIpc) is 2.66. The topological polar surface area (TPSA) is 34.4 Å². The van der Waals surface area contributed by atoms with Crippen LogP contribution in [0.5, 0.6) is 0 Å². The molecule has 1 saturated heterocycles. The zero-order valence-electron chi connectivity index (χ0n) is 11.1. The van der Waals surface area contributed by atoms with Crippen LogP contribution in [0.15, 0.2) is 16.5 Å². The first kappa shape index (κ1) is 12.7. The molecule has 3 nitrogen and oxygen atoms in total. The summed E-state index contributed by atoms with van der Waals surface area (Å²) < 4.78 is 11.7. The van der Waals surface area contributed by atoms with Crippen molar-refractivity contribution in [2.75, 3.05) is 19.7 Å². The van der Waals surface area contributed by atoms with Gasteiger partial charge in [-0.3, -0.25) is 0 Å². The molecule has 0 aliphatic carbocycles. The SMILES string of the molecule is CCC1(CC)CNCC(c2ccc(C)o2)OC1. The van der Waals surface area contributed by atoms with E-state index in [0.717, 1.165) is 44.1 Å². The number of hydrogen-bond donors (Lipinski definition) is 1. The van der Waals surface area contributed by atoms with E-state index in [-0.39, 0.29) is 11.5 Å². The molecule has 1 aliphatic rings. The van der Waals surface area contributed by atoms with Crippen LogP contribution in [-0.2, 0) is 4.74 Å². The predicted molar refractivity (Wildman–Crippen MR) is 68.0 cm³/mol. The highest BCUT2D eigenvalue weighted by atomic mass is 16.5. The Hall–Kier alpha value is -0.800. The maximum absolute atomic E-state index is 6.04. The lowest BCUT2D eigenvalue weighted by Gasteiger charge is -2.29. The molecule has 0 radical (unpaired) electrons. The van der Waals surface area contributed by atoms with Crippen molar-refractivity contribution >= 4 is 0 Å². The van der Waals surface area contributed by atoms with Gasteiger partial charge in [-0.15, -0.1) is 0 Å². The van der Waals surface area contributed by atoms with Gasteiger partial charge < -0.3 is 14.5 Å². The first-order valence-corrected chi connectivity index (χ1v) is 6.58. The normalized spacial score (nSPS) is 24.5. The summed E-state index contributed by atoms with van der Waals surface area (Å²) in [5.74, 6) is 1.89. The van der Waals surface area contributed by atoms with Crippen molar-refractivity contribution in [3.63, 3.8) is 0 Å². The van der Waals surface area contributed by atoms with Gasteiger partial charge in [-0.25, -0.2) is 0 Å². The second kappa shape index (κ2) is 5.23. The molecule has 17 heavy (non-hydrogen) atoms. The van der Waals surface area contributed by atoms with Crippen LogP contribution in [0.25, 0.3) is 0 Å². The molecular formula is C14H23NO2. The van der Waals surface area contributed by atoms with E-state index in [1.54, 1.807) is 0 Å². The number of ether oxygens (including phenoxy) is 1. The lowest BCUT2D eigenvalue weighted by molar-refractivity contribution is 0.000274. The summed E-state index contributed by atoms with van der Waals surface area (Å²) in [4.78, 5) is 0. The van der Waals surface area contributed by atoms with E-state index in [2.05, 4.69) is 19.2 Å². The van der Waals surface area contributed by atoms with Gasteiger partial charge in [0, 0.05) is 18.5 Å². The van der Waals surface area contributed by atoms with E-state index in [4.69, 9.17) is 9.15 Å². The van der Waals surface area contributed by atoms with Gasteiger partial charge in [0.1, 0.15) is 17.6 Å². The lowest BCUT2D eigenvalue weighted by Crippen LogP contribution is -2.34. The van der Waals surface area contributed by atoms with Gasteiger partial charge in [0.2, 0.25) is 0 Å². The Morgan fingerprint density at radius 1 is 1.35 bits per heavy atom. The summed E-state index contributed by atoms with van der Waals surface area (Å²) in [7, 11) is 0. The van der Waals surface area contributed by atoms with Gasteiger partial charge >= 0.3 is 0 Å². The van der Waals surface area contributed by atoms with Crippen molar-refractivity contribution in [1.82, 2.24) is 5.32 Å². The standard InChI is InChI=1S/C14H23NO2/c1-4-14(5-2)9-15-8-13(16-10-14)12-7-6-11(3)17-12/h6-7,13,15H,4-5,8-10H2,1-3H3. The third-order valence-corrected chi connectivity index (χ3v) is 4.00.